The van der Waals surface area contributed by atoms with Crippen molar-refractivity contribution >= 4 is 25.4 Å². The van der Waals surface area contributed by atoms with Crippen molar-refractivity contribution in [2.45, 2.75) is 11.3 Å². The Bertz CT molecular complexity index is 647. The highest BCUT2D eigenvalue weighted by molar-refractivity contribution is 8.13. The third-order valence-electron chi connectivity index (χ3n) is 1.79. The highest BCUT2D eigenvalue weighted by Crippen LogP contribution is 2.42. The summed E-state index contributed by atoms with van der Waals surface area (Å²) in [7, 11) is 0.972. The van der Waals surface area contributed by atoms with Crippen molar-refractivity contribution in [3.63, 3.8) is 0 Å². The molecular formula is C7H4ClF3N2O6S. The van der Waals surface area contributed by atoms with Crippen molar-refractivity contribution in [3.8, 4) is 11.6 Å². The molecule has 0 saturated heterocycles. The summed E-state index contributed by atoms with van der Waals surface area (Å²) >= 11 is 0. The average molecular weight is 337 g/mol. The van der Waals surface area contributed by atoms with E-state index < -0.39 is 42.5 Å². The molecule has 1 aromatic heterocycles. The smallest absolute Gasteiger partial charge is 0.480 e. The highest BCUT2D eigenvalue weighted by atomic mass is 35.7. The number of ether oxygens (including phenoxy) is 2. The Morgan fingerprint density at radius 3 is 2.35 bits per heavy atom. The van der Waals surface area contributed by atoms with Crippen LogP contribution in [0.2, 0.25) is 0 Å². The van der Waals surface area contributed by atoms with E-state index in [1.165, 1.54) is 0 Å². The third-order valence-corrected chi connectivity index (χ3v) is 3.10. The first kappa shape index (κ1) is 16.2. The monoisotopic (exact) mass is 336 g/mol. The summed E-state index contributed by atoms with van der Waals surface area (Å²) in [6, 6.07) is 0. The van der Waals surface area contributed by atoms with Gasteiger partial charge in [0.15, 0.2) is 4.90 Å². The molecule has 1 aromatic rings. The zero-order valence-electron chi connectivity index (χ0n) is 9.34. The Hall–Kier alpha value is -1.82. The number of hydrogen-bond acceptors (Lipinski definition) is 7. The standard InChI is InChI=1S/C7H4ClF3N2O6S/c1-18-6-5(20(8,16)17)4(19-7(9,10)11)3(2-12-6)13(14)15/h2H,1H3. The molecule has 0 radical (unpaired) electrons. The molecule has 0 fully saturated rings. The molecule has 0 spiro atoms. The summed E-state index contributed by atoms with van der Waals surface area (Å²) in [5.74, 6) is -2.49. The predicted molar refractivity (Wildman–Crippen MR) is 57.2 cm³/mol. The lowest BCUT2D eigenvalue weighted by Crippen LogP contribution is -2.20. The van der Waals surface area contributed by atoms with E-state index in [1.807, 2.05) is 0 Å². The zero-order valence-corrected chi connectivity index (χ0v) is 10.9. The van der Waals surface area contributed by atoms with Gasteiger partial charge in [-0.15, -0.1) is 13.2 Å². The fourth-order valence-corrected chi connectivity index (χ4v) is 2.28. The summed E-state index contributed by atoms with van der Waals surface area (Å²) in [5.41, 5.74) is -1.33. The molecule has 0 saturated carbocycles. The summed E-state index contributed by atoms with van der Waals surface area (Å²) in [5, 5.41) is 10.6. The van der Waals surface area contributed by atoms with Gasteiger partial charge in [-0.2, -0.15) is 0 Å². The van der Waals surface area contributed by atoms with Crippen LogP contribution in [0.15, 0.2) is 11.1 Å². The molecule has 0 aromatic carbocycles. The largest absolute Gasteiger partial charge is 0.573 e. The third kappa shape index (κ3) is 3.60. The number of aromatic nitrogens is 1. The van der Waals surface area contributed by atoms with Gasteiger partial charge in [0.1, 0.15) is 6.20 Å². The van der Waals surface area contributed by atoms with Crippen LogP contribution in [0.25, 0.3) is 0 Å². The number of methoxy groups -OCH3 is 1. The zero-order chi connectivity index (χ0) is 15.7. The van der Waals surface area contributed by atoms with Crippen LogP contribution in [0.4, 0.5) is 18.9 Å². The highest BCUT2D eigenvalue weighted by Gasteiger charge is 2.40. The van der Waals surface area contributed by atoms with Crippen LogP contribution >= 0.6 is 10.7 Å². The Morgan fingerprint density at radius 2 is 2.00 bits per heavy atom. The van der Waals surface area contributed by atoms with Gasteiger partial charge >= 0.3 is 12.0 Å². The Kier molecular flexibility index (Phi) is 4.29. The van der Waals surface area contributed by atoms with Gasteiger partial charge in [0.25, 0.3) is 9.05 Å². The van der Waals surface area contributed by atoms with Gasteiger partial charge in [-0.1, -0.05) is 0 Å². The number of pyridine rings is 1. The molecule has 112 valence electrons. The molecule has 13 heteroatoms. The van der Waals surface area contributed by atoms with Crippen molar-refractivity contribution in [2.75, 3.05) is 7.11 Å². The quantitative estimate of drug-likeness (QED) is 0.468. The van der Waals surface area contributed by atoms with Crippen LogP contribution in [0.5, 0.6) is 11.6 Å². The average Bonchev–Trinajstić information content (AvgIpc) is 2.23. The SMILES string of the molecule is COc1ncc([N+](=O)[O-])c(OC(F)(F)F)c1S(=O)(=O)Cl. The van der Waals surface area contributed by atoms with Gasteiger partial charge in [-0.25, -0.2) is 13.4 Å². The minimum atomic E-state index is -5.38. The number of nitrogens with zero attached hydrogens (tertiary/aromatic N) is 2. The Morgan fingerprint density at radius 1 is 1.45 bits per heavy atom. The molecule has 0 N–H and O–H groups in total. The van der Waals surface area contributed by atoms with E-state index in [-0.39, 0.29) is 0 Å². The summed E-state index contributed by atoms with van der Waals surface area (Å²) in [6.45, 7) is 0. The van der Waals surface area contributed by atoms with E-state index in [0.29, 0.717) is 6.20 Å². The molecule has 1 rings (SSSR count). The van der Waals surface area contributed by atoms with E-state index in [0.717, 1.165) is 7.11 Å². The number of rotatable bonds is 4. The summed E-state index contributed by atoms with van der Waals surface area (Å²) in [6.07, 6.45) is -5.03. The van der Waals surface area contributed by atoms with Crippen molar-refractivity contribution in [2.24, 2.45) is 0 Å². The van der Waals surface area contributed by atoms with Crippen molar-refractivity contribution < 1.29 is 36.0 Å². The molecule has 8 nitrogen and oxygen atoms in total. The summed E-state index contributed by atoms with van der Waals surface area (Å²) in [4.78, 5) is 11.1. The molecule has 0 atom stereocenters. The molecule has 0 aliphatic rings. The van der Waals surface area contributed by atoms with E-state index in [4.69, 9.17) is 10.7 Å². The minimum absolute atomic E-state index is 0.353. The second-order valence-corrected chi connectivity index (χ2v) is 5.56. The van der Waals surface area contributed by atoms with Crippen molar-refractivity contribution in [1.29, 1.82) is 0 Å². The number of alkyl halides is 3. The van der Waals surface area contributed by atoms with Crippen LogP contribution in [0.3, 0.4) is 0 Å². The Balaban J connectivity index is 3.75. The van der Waals surface area contributed by atoms with E-state index >= 15 is 0 Å². The molecule has 0 amide bonds. The molecule has 20 heavy (non-hydrogen) atoms. The molecule has 0 aliphatic heterocycles. The molecule has 1 heterocycles. The van der Waals surface area contributed by atoms with E-state index in [9.17, 15) is 31.7 Å². The minimum Gasteiger partial charge on any atom is -0.480 e. The van der Waals surface area contributed by atoms with Crippen LogP contribution in [-0.2, 0) is 9.05 Å². The van der Waals surface area contributed by atoms with Gasteiger partial charge in [0.05, 0.1) is 12.0 Å². The fraction of sp³-hybridized carbons (Fsp3) is 0.286. The Labute approximate surface area is 113 Å². The van der Waals surface area contributed by atoms with Crippen LogP contribution in [0.1, 0.15) is 0 Å². The second-order valence-electron chi connectivity index (χ2n) is 3.05. The molecule has 0 bridgehead atoms. The topological polar surface area (TPSA) is 109 Å². The second kappa shape index (κ2) is 5.28. The van der Waals surface area contributed by atoms with Crippen molar-refractivity contribution in [3.05, 3.63) is 16.3 Å². The first-order valence-electron chi connectivity index (χ1n) is 4.39. The first-order chi connectivity index (χ1) is 8.97. The predicted octanol–water partition coefficient (Wildman–Crippen LogP) is 1.82. The van der Waals surface area contributed by atoms with Crippen LogP contribution in [-0.4, -0.2) is 31.8 Å². The lowest BCUT2D eigenvalue weighted by molar-refractivity contribution is -0.389. The molecule has 0 unspecified atom stereocenters. The lowest BCUT2D eigenvalue weighted by atomic mass is 10.4. The number of nitro groups is 1. The maximum absolute atomic E-state index is 12.2. The lowest BCUT2D eigenvalue weighted by Gasteiger charge is -2.13. The van der Waals surface area contributed by atoms with Crippen LogP contribution < -0.4 is 9.47 Å². The van der Waals surface area contributed by atoms with Gasteiger partial charge in [-0.3, -0.25) is 10.1 Å². The van der Waals surface area contributed by atoms with Crippen LogP contribution in [0, 0.1) is 10.1 Å². The molecule has 0 aliphatic carbocycles. The molecular weight excluding hydrogens is 333 g/mol. The number of hydrogen-bond donors (Lipinski definition) is 0. The first-order valence-corrected chi connectivity index (χ1v) is 6.70. The fourth-order valence-electron chi connectivity index (χ4n) is 1.16. The van der Waals surface area contributed by atoms with Gasteiger partial charge in [0.2, 0.25) is 11.6 Å². The summed E-state index contributed by atoms with van der Waals surface area (Å²) < 4.78 is 67.1. The van der Waals surface area contributed by atoms with E-state index in [1.54, 1.807) is 0 Å². The normalized spacial score (nSPS) is 12.1. The maximum Gasteiger partial charge on any atom is 0.573 e. The van der Waals surface area contributed by atoms with Gasteiger partial charge in [0, 0.05) is 10.7 Å². The number of halogens is 4. The maximum atomic E-state index is 12.2. The van der Waals surface area contributed by atoms with E-state index in [2.05, 4.69) is 14.5 Å². The van der Waals surface area contributed by atoms with Gasteiger partial charge < -0.3 is 9.47 Å². The van der Waals surface area contributed by atoms with Crippen molar-refractivity contribution in [1.82, 2.24) is 4.98 Å². The van der Waals surface area contributed by atoms with Gasteiger partial charge in [-0.05, 0) is 0 Å².